The van der Waals surface area contributed by atoms with Crippen LogP contribution in [0.2, 0.25) is 0 Å². The summed E-state index contributed by atoms with van der Waals surface area (Å²) < 4.78 is 10.8. The van der Waals surface area contributed by atoms with Crippen LogP contribution in [0, 0.1) is 6.92 Å². The van der Waals surface area contributed by atoms with Gasteiger partial charge in [0.15, 0.2) is 6.10 Å². The molecule has 0 fully saturated rings. The van der Waals surface area contributed by atoms with Crippen molar-refractivity contribution in [1.29, 1.82) is 0 Å². The number of aromatic nitrogens is 2. The maximum Gasteiger partial charge on any atom is 0.265 e. The summed E-state index contributed by atoms with van der Waals surface area (Å²) in [7, 11) is 0. The first-order chi connectivity index (χ1) is 13.3. The van der Waals surface area contributed by atoms with E-state index in [2.05, 4.69) is 20.8 Å². The average Bonchev–Trinajstić information content (AvgIpc) is 3.03. The molecule has 2 N–H and O–H groups in total. The molecule has 2 aromatic heterocycles. The summed E-state index contributed by atoms with van der Waals surface area (Å²) in [5.41, 5.74) is 3.18. The minimum absolute atomic E-state index is 0.124. The topological polar surface area (TPSA) is 106 Å². The highest BCUT2D eigenvalue weighted by atomic mass is 16.5. The zero-order valence-electron chi connectivity index (χ0n) is 16.0. The van der Waals surface area contributed by atoms with E-state index in [1.165, 1.54) is 0 Å². The van der Waals surface area contributed by atoms with Crippen LogP contribution in [0.15, 0.2) is 28.8 Å². The summed E-state index contributed by atoms with van der Waals surface area (Å²) in [5.74, 6) is 0.151. The van der Waals surface area contributed by atoms with E-state index in [9.17, 15) is 9.59 Å². The summed E-state index contributed by atoms with van der Waals surface area (Å²) in [6.07, 6.45) is -0.552. The molecule has 8 nitrogen and oxygen atoms in total. The van der Waals surface area contributed by atoms with E-state index in [0.717, 1.165) is 5.69 Å². The van der Waals surface area contributed by atoms with Crippen LogP contribution in [-0.2, 0) is 4.79 Å². The molecule has 1 atom stereocenters. The van der Waals surface area contributed by atoms with Gasteiger partial charge in [0.05, 0.1) is 22.3 Å². The second-order valence-corrected chi connectivity index (χ2v) is 7.11. The van der Waals surface area contributed by atoms with Crippen molar-refractivity contribution >= 4 is 34.3 Å². The van der Waals surface area contributed by atoms with E-state index in [0.29, 0.717) is 39.5 Å². The van der Waals surface area contributed by atoms with Crippen LogP contribution < -0.4 is 15.4 Å². The summed E-state index contributed by atoms with van der Waals surface area (Å²) >= 11 is 0. The predicted octanol–water partition coefficient (Wildman–Crippen LogP) is 3.63. The number of benzene rings is 1. The van der Waals surface area contributed by atoms with Gasteiger partial charge in [-0.3, -0.25) is 9.59 Å². The number of carbonyl (C=O) groups excluding carboxylic acids is 2. The first kappa shape index (κ1) is 18.0. The second kappa shape index (κ2) is 6.63. The van der Waals surface area contributed by atoms with E-state index in [1.54, 1.807) is 38.1 Å². The molecule has 1 aliphatic rings. The molecular formula is C20H20N4O4. The highest BCUT2D eigenvalue weighted by molar-refractivity contribution is 6.12. The number of aryl methyl sites for hydroxylation is 1. The molecule has 0 saturated heterocycles. The SMILES string of the molecule is Cc1noc2nc(C(C)C)cc(C(=O)Nc3ccc4c(c3)NC(=O)C(C)O4)c12. The van der Waals surface area contributed by atoms with Crippen LogP contribution in [0.5, 0.6) is 5.75 Å². The first-order valence-electron chi connectivity index (χ1n) is 9.03. The van der Waals surface area contributed by atoms with E-state index < -0.39 is 6.10 Å². The van der Waals surface area contributed by atoms with Gasteiger partial charge in [-0.1, -0.05) is 19.0 Å². The number of pyridine rings is 1. The molecule has 0 saturated carbocycles. The number of nitrogens with one attached hydrogen (secondary N) is 2. The zero-order chi connectivity index (χ0) is 20.0. The molecule has 0 bridgehead atoms. The highest BCUT2D eigenvalue weighted by Gasteiger charge is 2.24. The van der Waals surface area contributed by atoms with Gasteiger partial charge in [-0.25, -0.2) is 4.98 Å². The Morgan fingerprint density at radius 3 is 2.82 bits per heavy atom. The van der Waals surface area contributed by atoms with Gasteiger partial charge >= 0.3 is 0 Å². The Bertz CT molecular complexity index is 1100. The molecule has 1 aliphatic heterocycles. The molecule has 144 valence electrons. The van der Waals surface area contributed by atoms with E-state index in [1.807, 2.05) is 13.8 Å². The lowest BCUT2D eigenvalue weighted by Crippen LogP contribution is -2.34. The maximum atomic E-state index is 13.0. The van der Waals surface area contributed by atoms with Gasteiger partial charge in [0.1, 0.15) is 5.75 Å². The molecule has 0 radical (unpaired) electrons. The number of ether oxygens (including phenoxy) is 1. The van der Waals surface area contributed by atoms with Crippen LogP contribution in [0.1, 0.15) is 48.4 Å². The fourth-order valence-corrected chi connectivity index (χ4v) is 3.07. The summed E-state index contributed by atoms with van der Waals surface area (Å²) in [4.78, 5) is 29.3. The van der Waals surface area contributed by atoms with E-state index in [-0.39, 0.29) is 17.7 Å². The molecule has 8 heteroatoms. The van der Waals surface area contributed by atoms with Crippen LogP contribution in [-0.4, -0.2) is 28.1 Å². The number of nitrogens with zero attached hydrogens (tertiary/aromatic N) is 2. The fraction of sp³-hybridized carbons (Fsp3) is 0.300. The summed E-state index contributed by atoms with van der Waals surface area (Å²) in [6.45, 7) is 7.43. The lowest BCUT2D eigenvalue weighted by molar-refractivity contribution is -0.122. The number of fused-ring (bicyclic) bond motifs is 2. The van der Waals surface area contributed by atoms with Crippen LogP contribution in [0.4, 0.5) is 11.4 Å². The zero-order valence-corrected chi connectivity index (χ0v) is 16.0. The Morgan fingerprint density at radius 2 is 2.07 bits per heavy atom. The predicted molar refractivity (Wildman–Crippen MR) is 104 cm³/mol. The molecule has 4 rings (SSSR count). The molecule has 1 aromatic carbocycles. The van der Waals surface area contributed by atoms with Gasteiger partial charge in [-0.15, -0.1) is 0 Å². The smallest absolute Gasteiger partial charge is 0.265 e. The largest absolute Gasteiger partial charge is 0.479 e. The van der Waals surface area contributed by atoms with Crippen molar-refractivity contribution in [3.05, 3.63) is 41.2 Å². The van der Waals surface area contributed by atoms with Crippen molar-refractivity contribution in [3.8, 4) is 5.75 Å². The number of anilines is 2. The lowest BCUT2D eigenvalue weighted by Gasteiger charge is -2.23. The molecule has 3 aromatic rings. The van der Waals surface area contributed by atoms with Gasteiger partial charge in [-0.05, 0) is 44.0 Å². The first-order valence-corrected chi connectivity index (χ1v) is 9.03. The third-order valence-electron chi connectivity index (χ3n) is 4.64. The lowest BCUT2D eigenvalue weighted by atomic mass is 10.0. The number of hydrogen-bond acceptors (Lipinski definition) is 6. The van der Waals surface area contributed by atoms with Crippen molar-refractivity contribution < 1.29 is 18.8 Å². The summed E-state index contributed by atoms with van der Waals surface area (Å²) in [5, 5.41) is 10.2. The Hall–Kier alpha value is -3.42. The Labute approximate surface area is 161 Å². The number of carbonyl (C=O) groups is 2. The van der Waals surface area contributed by atoms with Crippen molar-refractivity contribution in [2.45, 2.75) is 39.7 Å². The molecule has 0 aliphatic carbocycles. The number of hydrogen-bond donors (Lipinski definition) is 2. The molecule has 1 unspecified atom stereocenters. The molecule has 28 heavy (non-hydrogen) atoms. The average molecular weight is 380 g/mol. The van der Waals surface area contributed by atoms with Crippen LogP contribution in [0.25, 0.3) is 11.1 Å². The fourth-order valence-electron chi connectivity index (χ4n) is 3.07. The minimum atomic E-state index is -0.552. The summed E-state index contributed by atoms with van der Waals surface area (Å²) in [6, 6.07) is 6.87. The standard InChI is InChI=1S/C20H20N4O4/c1-9(2)14-8-13(17-10(3)24-28-20(17)23-14)19(26)21-12-5-6-16-15(7-12)22-18(25)11(4)27-16/h5-9,11H,1-4H3,(H,21,26)(H,22,25). The minimum Gasteiger partial charge on any atom is -0.479 e. The van der Waals surface area contributed by atoms with E-state index in [4.69, 9.17) is 9.26 Å². The van der Waals surface area contributed by atoms with Crippen LogP contribution >= 0.6 is 0 Å². The van der Waals surface area contributed by atoms with Gasteiger partial charge in [0.25, 0.3) is 17.5 Å². The quantitative estimate of drug-likeness (QED) is 0.719. The number of rotatable bonds is 3. The van der Waals surface area contributed by atoms with Crippen molar-refractivity contribution in [1.82, 2.24) is 10.1 Å². The van der Waals surface area contributed by atoms with E-state index >= 15 is 0 Å². The molecular weight excluding hydrogens is 360 g/mol. The van der Waals surface area contributed by atoms with Crippen molar-refractivity contribution in [2.24, 2.45) is 0 Å². The molecule has 2 amide bonds. The Balaban J connectivity index is 1.69. The van der Waals surface area contributed by atoms with Crippen LogP contribution in [0.3, 0.4) is 0 Å². The molecule has 3 heterocycles. The molecule has 0 spiro atoms. The van der Waals surface area contributed by atoms with Gasteiger partial charge in [0.2, 0.25) is 0 Å². The van der Waals surface area contributed by atoms with Gasteiger partial charge in [0, 0.05) is 11.4 Å². The third kappa shape index (κ3) is 3.06. The Kier molecular flexibility index (Phi) is 4.26. The highest BCUT2D eigenvalue weighted by Crippen LogP contribution is 2.33. The normalized spacial score (nSPS) is 15.9. The maximum absolute atomic E-state index is 13.0. The van der Waals surface area contributed by atoms with Gasteiger partial charge in [-0.2, -0.15) is 0 Å². The monoisotopic (exact) mass is 380 g/mol. The number of amides is 2. The second-order valence-electron chi connectivity index (χ2n) is 7.11. The van der Waals surface area contributed by atoms with Crippen molar-refractivity contribution in [2.75, 3.05) is 10.6 Å². The Morgan fingerprint density at radius 1 is 1.29 bits per heavy atom. The van der Waals surface area contributed by atoms with Crippen molar-refractivity contribution in [3.63, 3.8) is 0 Å². The van der Waals surface area contributed by atoms with Gasteiger partial charge < -0.3 is 19.9 Å². The third-order valence-corrected chi connectivity index (χ3v) is 4.64.